The Morgan fingerprint density at radius 2 is 1.89 bits per heavy atom. The summed E-state index contributed by atoms with van der Waals surface area (Å²) in [4.78, 5) is 30.0. The van der Waals surface area contributed by atoms with E-state index in [9.17, 15) is 9.59 Å². The average molecular weight is 488 g/mol. The number of nitrogens with zero attached hydrogens (tertiary/aromatic N) is 2. The minimum Gasteiger partial charge on any atom is -0.491 e. The van der Waals surface area contributed by atoms with Gasteiger partial charge in [0.05, 0.1) is 11.7 Å². The quantitative estimate of drug-likeness (QED) is 0.687. The van der Waals surface area contributed by atoms with Crippen LogP contribution in [0.1, 0.15) is 49.9 Å². The van der Waals surface area contributed by atoms with Crippen molar-refractivity contribution >= 4 is 17.5 Å². The number of carbonyl (C=O) groups excluding carboxylic acids is 2. The second-order valence-corrected chi connectivity index (χ2v) is 10.6. The molecule has 1 aromatic carbocycles. The molecule has 1 aromatic rings. The zero-order valence-electron chi connectivity index (χ0n) is 21.6. The molecule has 1 saturated heterocycles. The number of benzene rings is 1. The average Bonchev–Trinajstić information content (AvgIpc) is 3.71. The predicted molar refractivity (Wildman–Crippen MR) is 135 cm³/mol. The third-order valence-electron chi connectivity index (χ3n) is 7.62. The number of amides is 2. The summed E-state index contributed by atoms with van der Waals surface area (Å²) >= 11 is 0. The highest BCUT2D eigenvalue weighted by atomic mass is 16.5. The molecule has 2 heterocycles. The third kappa shape index (κ3) is 6.74. The minimum atomic E-state index is -0.135. The van der Waals surface area contributed by atoms with Crippen LogP contribution in [0, 0.1) is 17.8 Å². The molecule has 2 fully saturated rings. The van der Waals surface area contributed by atoms with Crippen molar-refractivity contribution in [3.8, 4) is 5.75 Å². The first-order valence-corrected chi connectivity index (χ1v) is 13.0. The molecule has 3 atom stereocenters. The third-order valence-corrected chi connectivity index (χ3v) is 7.62. The van der Waals surface area contributed by atoms with Gasteiger partial charge in [-0.15, -0.1) is 0 Å². The van der Waals surface area contributed by atoms with Gasteiger partial charge in [-0.1, -0.05) is 6.92 Å². The van der Waals surface area contributed by atoms with Crippen LogP contribution in [-0.2, 0) is 14.3 Å². The van der Waals surface area contributed by atoms with Crippen LogP contribution < -0.4 is 10.1 Å². The Labute approximate surface area is 209 Å². The maximum Gasteiger partial charge on any atom is 0.257 e. The molecule has 0 aromatic heterocycles. The number of fused-ring (bicyclic) bond motifs is 1. The molecule has 0 spiro atoms. The summed E-state index contributed by atoms with van der Waals surface area (Å²) in [6.07, 6.45) is 3.94. The van der Waals surface area contributed by atoms with Crippen molar-refractivity contribution in [1.82, 2.24) is 9.80 Å². The zero-order chi connectivity index (χ0) is 24.9. The molecule has 8 nitrogen and oxygen atoms in total. The largest absolute Gasteiger partial charge is 0.491 e. The van der Waals surface area contributed by atoms with Crippen LogP contribution in [0.3, 0.4) is 0 Å². The number of methoxy groups -OCH3 is 1. The van der Waals surface area contributed by atoms with E-state index in [4.69, 9.17) is 14.2 Å². The molecule has 0 bridgehead atoms. The molecule has 1 N–H and O–H groups in total. The summed E-state index contributed by atoms with van der Waals surface area (Å²) in [5.74, 6) is 1.38. The lowest BCUT2D eigenvalue weighted by Crippen LogP contribution is -2.48. The Bertz CT molecular complexity index is 884. The molecular formula is C27H41N3O5. The van der Waals surface area contributed by atoms with E-state index in [1.807, 2.05) is 6.07 Å². The van der Waals surface area contributed by atoms with Gasteiger partial charge in [0, 0.05) is 64.7 Å². The minimum absolute atomic E-state index is 0.0190. The lowest BCUT2D eigenvalue weighted by molar-refractivity contribution is -0.117. The molecule has 3 aliphatic rings. The summed E-state index contributed by atoms with van der Waals surface area (Å²) in [7, 11) is 3.52. The van der Waals surface area contributed by atoms with Gasteiger partial charge in [-0.2, -0.15) is 0 Å². The number of hydrogen-bond acceptors (Lipinski definition) is 6. The number of hydrogen-bond donors (Lipinski definition) is 1. The normalized spacial score (nSPS) is 27.4. The van der Waals surface area contributed by atoms with E-state index in [0.717, 1.165) is 52.0 Å². The standard InChI is InChI=1S/C27H41N3O5/c1-18-14-30(15-20-9-11-34-12-10-20)19(2)17-35-24-8-7-22(28-26(31)21-5-6-21)13-23(24)27(32)29(3)16-25(18)33-4/h7-8,13,18-21,25H,5-6,9-12,14-17H2,1-4H3,(H,28,31)/t18-,19+,25-/m1/s1. The second kappa shape index (κ2) is 11.7. The van der Waals surface area contributed by atoms with Crippen LogP contribution in [0.15, 0.2) is 18.2 Å². The first-order chi connectivity index (χ1) is 16.9. The smallest absolute Gasteiger partial charge is 0.257 e. The van der Waals surface area contributed by atoms with Gasteiger partial charge in [0.2, 0.25) is 5.91 Å². The maximum absolute atomic E-state index is 13.5. The summed E-state index contributed by atoms with van der Waals surface area (Å²) in [5.41, 5.74) is 1.09. The summed E-state index contributed by atoms with van der Waals surface area (Å²) in [6.45, 7) is 8.89. The second-order valence-electron chi connectivity index (χ2n) is 10.6. The van der Waals surface area contributed by atoms with Crippen LogP contribution in [0.4, 0.5) is 5.69 Å². The monoisotopic (exact) mass is 487 g/mol. The van der Waals surface area contributed by atoms with Gasteiger partial charge in [0.25, 0.3) is 5.91 Å². The Morgan fingerprint density at radius 1 is 1.14 bits per heavy atom. The van der Waals surface area contributed by atoms with Crippen molar-refractivity contribution in [2.24, 2.45) is 17.8 Å². The van der Waals surface area contributed by atoms with Crippen LogP contribution in [-0.4, -0.2) is 87.4 Å². The van der Waals surface area contributed by atoms with E-state index in [0.29, 0.717) is 36.1 Å². The lowest BCUT2D eigenvalue weighted by atomic mass is 9.96. The molecule has 8 heteroatoms. The van der Waals surface area contributed by atoms with Crippen molar-refractivity contribution in [1.29, 1.82) is 0 Å². The van der Waals surface area contributed by atoms with Crippen molar-refractivity contribution in [2.45, 2.75) is 51.7 Å². The molecule has 0 unspecified atom stereocenters. The molecular weight excluding hydrogens is 446 g/mol. The highest BCUT2D eigenvalue weighted by molar-refractivity contribution is 6.00. The lowest BCUT2D eigenvalue weighted by Gasteiger charge is -2.38. The summed E-state index contributed by atoms with van der Waals surface area (Å²) in [6, 6.07) is 5.55. The highest BCUT2D eigenvalue weighted by Gasteiger charge is 2.31. The summed E-state index contributed by atoms with van der Waals surface area (Å²) < 4.78 is 17.7. The number of rotatable bonds is 5. The van der Waals surface area contributed by atoms with Gasteiger partial charge >= 0.3 is 0 Å². The Morgan fingerprint density at radius 3 is 2.57 bits per heavy atom. The van der Waals surface area contributed by atoms with Crippen LogP contribution in [0.5, 0.6) is 5.75 Å². The molecule has 194 valence electrons. The van der Waals surface area contributed by atoms with Crippen molar-refractivity contribution < 1.29 is 23.8 Å². The Hall–Kier alpha value is -2.16. The number of carbonyl (C=O) groups is 2. The van der Waals surface area contributed by atoms with Gasteiger partial charge in [-0.05, 0) is 62.6 Å². The van der Waals surface area contributed by atoms with E-state index in [2.05, 4.69) is 24.1 Å². The molecule has 1 aliphatic carbocycles. The molecule has 4 rings (SSSR count). The topological polar surface area (TPSA) is 80.3 Å². The SMILES string of the molecule is CO[C@@H]1CN(C)C(=O)c2cc(NC(=O)C3CC3)ccc2OC[C@H](C)N(CC2CCOCC2)C[C@H]1C. The van der Waals surface area contributed by atoms with E-state index >= 15 is 0 Å². The fraction of sp³-hybridized carbons (Fsp3) is 0.704. The van der Waals surface area contributed by atoms with Crippen LogP contribution in [0.2, 0.25) is 0 Å². The zero-order valence-corrected chi connectivity index (χ0v) is 21.6. The number of ether oxygens (including phenoxy) is 3. The van der Waals surface area contributed by atoms with Gasteiger partial charge in [-0.3, -0.25) is 14.5 Å². The fourth-order valence-electron chi connectivity index (χ4n) is 5.03. The van der Waals surface area contributed by atoms with E-state index < -0.39 is 0 Å². The fourth-order valence-corrected chi connectivity index (χ4v) is 5.03. The van der Waals surface area contributed by atoms with Crippen molar-refractivity contribution in [3.63, 3.8) is 0 Å². The van der Waals surface area contributed by atoms with E-state index in [1.165, 1.54) is 0 Å². The first kappa shape index (κ1) is 25.9. The number of anilines is 1. The molecule has 2 aliphatic heterocycles. The van der Waals surface area contributed by atoms with Crippen LogP contribution >= 0.6 is 0 Å². The van der Waals surface area contributed by atoms with Crippen molar-refractivity contribution in [3.05, 3.63) is 23.8 Å². The van der Waals surface area contributed by atoms with Gasteiger partial charge < -0.3 is 24.4 Å². The highest BCUT2D eigenvalue weighted by Crippen LogP contribution is 2.32. The molecule has 1 saturated carbocycles. The molecule has 35 heavy (non-hydrogen) atoms. The van der Waals surface area contributed by atoms with E-state index in [-0.39, 0.29) is 35.8 Å². The Kier molecular flexibility index (Phi) is 8.68. The predicted octanol–water partition coefficient (Wildman–Crippen LogP) is 3.27. The number of likely N-dealkylation sites (N-methyl/N-ethyl adjacent to an activating group) is 1. The Balaban J connectivity index is 1.58. The molecule has 2 amide bonds. The van der Waals surface area contributed by atoms with Gasteiger partial charge in [0.15, 0.2) is 0 Å². The maximum atomic E-state index is 13.5. The number of nitrogens with one attached hydrogen (secondary N) is 1. The molecule has 0 radical (unpaired) electrons. The van der Waals surface area contributed by atoms with Crippen LogP contribution in [0.25, 0.3) is 0 Å². The summed E-state index contributed by atoms with van der Waals surface area (Å²) in [5, 5.41) is 2.96. The van der Waals surface area contributed by atoms with Gasteiger partial charge in [0.1, 0.15) is 12.4 Å². The first-order valence-electron chi connectivity index (χ1n) is 13.0. The van der Waals surface area contributed by atoms with Crippen molar-refractivity contribution in [2.75, 3.05) is 58.9 Å². The van der Waals surface area contributed by atoms with Gasteiger partial charge in [-0.25, -0.2) is 0 Å². The van der Waals surface area contributed by atoms with E-state index in [1.54, 1.807) is 31.2 Å².